The molecule has 0 atom stereocenters. The maximum Gasteiger partial charge on any atom is 0.305 e. The van der Waals surface area contributed by atoms with Crippen molar-refractivity contribution in [2.45, 2.75) is 26.2 Å². The normalized spacial score (nSPS) is 16.0. The Morgan fingerprint density at radius 2 is 2.08 bits per heavy atom. The summed E-state index contributed by atoms with van der Waals surface area (Å²) in [5.74, 6) is -0.393. The zero-order chi connectivity index (χ0) is 17.5. The molecule has 1 amide bonds. The lowest BCUT2D eigenvalue weighted by Crippen LogP contribution is -2.30. The second kappa shape index (κ2) is 8.84. The largest absolute Gasteiger partial charge is 0.494 e. The average molecular weight is 365 g/mol. The van der Waals surface area contributed by atoms with E-state index in [4.69, 9.17) is 22.1 Å². The molecule has 0 radical (unpaired) electrons. The number of thioether (sulfide) groups is 1. The van der Waals surface area contributed by atoms with Gasteiger partial charge in [0, 0.05) is 6.54 Å². The highest BCUT2D eigenvalue weighted by Gasteiger charge is 2.31. The summed E-state index contributed by atoms with van der Waals surface area (Å²) in [5.41, 5.74) is 0.872. The van der Waals surface area contributed by atoms with Gasteiger partial charge in [0.25, 0.3) is 5.91 Å². The first-order chi connectivity index (χ1) is 11.5. The summed E-state index contributed by atoms with van der Waals surface area (Å²) < 4.78 is 6.00. The zero-order valence-corrected chi connectivity index (χ0v) is 15.0. The first-order valence-electron chi connectivity index (χ1n) is 7.71. The fourth-order valence-corrected chi connectivity index (χ4v) is 3.35. The number of carboxylic acid groups (broad SMARTS) is 1. The highest BCUT2D eigenvalue weighted by molar-refractivity contribution is 8.26. The van der Waals surface area contributed by atoms with Crippen LogP contribution in [0.15, 0.2) is 29.2 Å². The zero-order valence-electron chi connectivity index (χ0n) is 13.4. The molecule has 1 saturated heterocycles. The van der Waals surface area contributed by atoms with Crippen LogP contribution in [0.3, 0.4) is 0 Å². The van der Waals surface area contributed by atoms with Gasteiger partial charge in [-0.3, -0.25) is 14.5 Å². The highest BCUT2D eigenvalue weighted by Crippen LogP contribution is 2.32. The molecule has 128 valence electrons. The van der Waals surface area contributed by atoms with Crippen molar-refractivity contribution in [2.75, 3.05) is 13.2 Å². The van der Waals surface area contributed by atoms with Crippen LogP contribution in [-0.2, 0) is 9.59 Å². The number of aliphatic carboxylic acids is 1. The van der Waals surface area contributed by atoms with Gasteiger partial charge in [-0.2, -0.15) is 0 Å². The molecule has 1 aromatic carbocycles. The van der Waals surface area contributed by atoms with Gasteiger partial charge < -0.3 is 9.84 Å². The summed E-state index contributed by atoms with van der Waals surface area (Å²) in [6.45, 7) is 2.90. The number of hydrogen-bond donors (Lipinski definition) is 1. The summed E-state index contributed by atoms with van der Waals surface area (Å²) >= 11 is 6.35. The van der Waals surface area contributed by atoms with Crippen LogP contribution in [0.2, 0.25) is 0 Å². The van der Waals surface area contributed by atoms with Crippen LogP contribution in [0, 0.1) is 0 Å². The van der Waals surface area contributed by atoms with Crippen molar-refractivity contribution < 1.29 is 19.4 Å². The van der Waals surface area contributed by atoms with Crippen LogP contribution in [0.5, 0.6) is 5.75 Å². The van der Waals surface area contributed by atoms with E-state index in [1.165, 1.54) is 16.7 Å². The van der Waals surface area contributed by atoms with Crippen LogP contribution in [0.25, 0.3) is 6.08 Å². The van der Waals surface area contributed by atoms with E-state index < -0.39 is 5.97 Å². The van der Waals surface area contributed by atoms with Crippen LogP contribution in [0.1, 0.15) is 31.7 Å². The standard InChI is InChI=1S/C17H19NO4S2/c1-2-3-10-22-13-6-4-12(5-7-13)11-14-16(21)18(17(23)24-14)9-8-15(19)20/h4-7,11H,2-3,8-10H2,1H3,(H,19,20)/b14-11-. The minimum absolute atomic E-state index is 0.0988. The molecule has 2 rings (SSSR count). The average Bonchev–Trinajstić information content (AvgIpc) is 2.81. The number of carbonyl (C=O) groups is 2. The number of thiocarbonyl (C=S) groups is 1. The summed E-state index contributed by atoms with van der Waals surface area (Å²) in [7, 11) is 0. The van der Waals surface area contributed by atoms with Gasteiger partial charge in [-0.15, -0.1) is 0 Å². The Labute approximate surface area is 150 Å². The predicted octanol–water partition coefficient (Wildman–Crippen LogP) is 3.54. The third-order valence-corrected chi connectivity index (χ3v) is 4.75. The van der Waals surface area contributed by atoms with Gasteiger partial charge in [-0.1, -0.05) is 49.5 Å². The van der Waals surface area contributed by atoms with E-state index in [-0.39, 0.29) is 18.9 Å². The Kier molecular flexibility index (Phi) is 6.81. The first-order valence-corrected chi connectivity index (χ1v) is 8.93. The van der Waals surface area contributed by atoms with E-state index in [0.29, 0.717) is 15.8 Å². The summed E-state index contributed by atoms with van der Waals surface area (Å²) in [4.78, 5) is 24.8. The van der Waals surface area contributed by atoms with Gasteiger partial charge in [0.05, 0.1) is 17.9 Å². The Hall–Kier alpha value is -1.86. The summed E-state index contributed by atoms with van der Waals surface area (Å²) in [5, 5.41) is 8.74. The molecule has 1 N–H and O–H groups in total. The summed E-state index contributed by atoms with van der Waals surface area (Å²) in [6, 6.07) is 7.50. The van der Waals surface area contributed by atoms with Gasteiger partial charge in [0.1, 0.15) is 10.1 Å². The lowest BCUT2D eigenvalue weighted by Gasteiger charge is -2.12. The molecule has 24 heavy (non-hydrogen) atoms. The fraction of sp³-hybridized carbons (Fsp3) is 0.353. The minimum Gasteiger partial charge on any atom is -0.494 e. The van der Waals surface area contributed by atoms with Gasteiger partial charge in [-0.25, -0.2) is 0 Å². The van der Waals surface area contributed by atoms with Crippen molar-refractivity contribution in [3.05, 3.63) is 34.7 Å². The number of rotatable bonds is 8. The van der Waals surface area contributed by atoms with E-state index >= 15 is 0 Å². The third-order valence-electron chi connectivity index (χ3n) is 3.37. The van der Waals surface area contributed by atoms with E-state index in [2.05, 4.69) is 6.92 Å². The molecule has 0 unspecified atom stereocenters. The second-order valence-corrected chi connectivity index (χ2v) is 6.92. The first kappa shape index (κ1) is 18.5. The van der Waals surface area contributed by atoms with Gasteiger partial charge in [0.2, 0.25) is 0 Å². The molecule has 1 heterocycles. The van der Waals surface area contributed by atoms with Gasteiger partial charge >= 0.3 is 5.97 Å². The van der Waals surface area contributed by atoms with E-state index in [9.17, 15) is 9.59 Å². The Morgan fingerprint density at radius 1 is 1.38 bits per heavy atom. The monoisotopic (exact) mass is 365 g/mol. The molecule has 1 aliphatic rings. The van der Waals surface area contributed by atoms with Crippen molar-refractivity contribution in [1.29, 1.82) is 0 Å². The smallest absolute Gasteiger partial charge is 0.305 e. The van der Waals surface area contributed by atoms with Crippen molar-refractivity contribution in [3.8, 4) is 5.75 Å². The number of carbonyl (C=O) groups excluding carboxylic acids is 1. The van der Waals surface area contributed by atoms with E-state index in [1.807, 2.05) is 24.3 Å². The predicted molar refractivity (Wildman–Crippen MR) is 99.0 cm³/mol. The maximum atomic E-state index is 12.3. The molecular formula is C17H19NO4S2. The quantitative estimate of drug-likeness (QED) is 0.432. The molecule has 1 fully saturated rings. The van der Waals surface area contributed by atoms with Crippen molar-refractivity contribution in [1.82, 2.24) is 4.90 Å². The van der Waals surface area contributed by atoms with Crippen LogP contribution in [0.4, 0.5) is 0 Å². The van der Waals surface area contributed by atoms with Crippen molar-refractivity contribution in [2.24, 2.45) is 0 Å². The fourth-order valence-electron chi connectivity index (χ4n) is 2.05. The van der Waals surface area contributed by atoms with Crippen LogP contribution in [-0.4, -0.2) is 39.4 Å². The lowest BCUT2D eigenvalue weighted by molar-refractivity contribution is -0.137. The number of carboxylic acids is 1. The van der Waals surface area contributed by atoms with E-state index in [0.717, 1.165) is 24.2 Å². The number of unbranched alkanes of at least 4 members (excludes halogenated alkanes) is 1. The number of amides is 1. The third kappa shape index (κ3) is 5.07. The van der Waals surface area contributed by atoms with E-state index in [1.54, 1.807) is 6.08 Å². The minimum atomic E-state index is -0.952. The Bertz CT molecular complexity index is 655. The lowest BCUT2D eigenvalue weighted by atomic mass is 10.2. The van der Waals surface area contributed by atoms with Crippen LogP contribution >= 0.6 is 24.0 Å². The second-order valence-electron chi connectivity index (χ2n) is 5.25. The van der Waals surface area contributed by atoms with Crippen LogP contribution < -0.4 is 4.74 Å². The molecule has 0 aliphatic carbocycles. The van der Waals surface area contributed by atoms with Crippen molar-refractivity contribution >= 4 is 46.3 Å². The topological polar surface area (TPSA) is 66.8 Å². The molecule has 0 aromatic heterocycles. The molecule has 0 spiro atoms. The molecule has 0 bridgehead atoms. The molecular weight excluding hydrogens is 346 g/mol. The number of nitrogens with zero attached hydrogens (tertiary/aromatic N) is 1. The Balaban J connectivity index is 2.01. The summed E-state index contributed by atoms with van der Waals surface area (Å²) in [6.07, 6.45) is 3.74. The molecule has 1 aliphatic heterocycles. The molecule has 0 saturated carbocycles. The molecule has 5 nitrogen and oxygen atoms in total. The Morgan fingerprint density at radius 3 is 2.71 bits per heavy atom. The van der Waals surface area contributed by atoms with Gasteiger partial charge in [0.15, 0.2) is 0 Å². The SMILES string of the molecule is CCCCOc1ccc(/C=C2\SC(=S)N(CCC(=O)O)C2=O)cc1. The molecule has 1 aromatic rings. The number of hydrogen-bond acceptors (Lipinski definition) is 5. The number of ether oxygens (including phenoxy) is 1. The highest BCUT2D eigenvalue weighted by atomic mass is 32.2. The maximum absolute atomic E-state index is 12.3. The van der Waals surface area contributed by atoms with Crippen molar-refractivity contribution in [3.63, 3.8) is 0 Å². The number of benzene rings is 1. The van der Waals surface area contributed by atoms with Gasteiger partial charge in [-0.05, 0) is 30.2 Å². The molecule has 7 heteroatoms.